The molecule has 4 heteroatoms. The van der Waals surface area contributed by atoms with Gasteiger partial charge in [-0.1, -0.05) is 12.1 Å². The average Bonchev–Trinajstić information content (AvgIpc) is 2.51. The highest BCUT2D eigenvalue weighted by molar-refractivity contribution is 6.24. The van der Waals surface area contributed by atoms with Gasteiger partial charge >= 0.3 is 0 Å². The van der Waals surface area contributed by atoms with E-state index in [4.69, 9.17) is 16.3 Å². The fourth-order valence-electron chi connectivity index (χ4n) is 2.20. The lowest BCUT2D eigenvalue weighted by Crippen LogP contribution is -2.41. The average molecular weight is 238 g/mol. The van der Waals surface area contributed by atoms with Crippen molar-refractivity contribution in [3.05, 3.63) is 29.3 Å². The van der Waals surface area contributed by atoms with E-state index in [0.717, 1.165) is 16.8 Å². The minimum Gasteiger partial charge on any atom is -0.377 e. The summed E-state index contributed by atoms with van der Waals surface area (Å²) in [4.78, 5) is 12.9. The molecule has 1 aromatic rings. The topological polar surface area (TPSA) is 29.5 Å². The van der Waals surface area contributed by atoms with Crippen molar-refractivity contribution in [1.82, 2.24) is 0 Å². The summed E-state index contributed by atoms with van der Waals surface area (Å²) in [6.45, 7) is 1.11. The van der Waals surface area contributed by atoms with Crippen LogP contribution in [0.3, 0.4) is 0 Å². The Morgan fingerprint density at radius 3 is 2.81 bits per heavy atom. The number of likely N-dealkylation sites (N-methyl/N-ethyl adjacent to an activating group) is 1. The molecule has 0 unspecified atom stereocenters. The predicted octanol–water partition coefficient (Wildman–Crippen LogP) is 1.67. The van der Waals surface area contributed by atoms with Gasteiger partial charge in [-0.3, -0.25) is 4.79 Å². The standard InChI is InChI=1S/C12H12ClNO2/c1-14-10-3-2-9(12(13)6-16-7-12)4-8(10)5-11(14)15/h2-4H,5-7H2,1H3. The van der Waals surface area contributed by atoms with E-state index in [9.17, 15) is 4.79 Å². The van der Waals surface area contributed by atoms with Crippen molar-refractivity contribution in [2.24, 2.45) is 0 Å². The fourth-order valence-corrected chi connectivity index (χ4v) is 2.47. The summed E-state index contributed by atoms with van der Waals surface area (Å²) in [5, 5.41) is 0. The predicted molar refractivity (Wildman–Crippen MR) is 61.9 cm³/mol. The lowest BCUT2D eigenvalue weighted by atomic mass is 9.94. The number of rotatable bonds is 1. The first-order valence-electron chi connectivity index (χ1n) is 5.27. The van der Waals surface area contributed by atoms with E-state index in [1.807, 2.05) is 18.2 Å². The molecular formula is C12H12ClNO2. The van der Waals surface area contributed by atoms with Gasteiger partial charge in [0.1, 0.15) is 4.87 Å². The maximum atomic E-state index is 11.5. The molecule has 0 atom stereocenters. The molecule has 84 valence electrons. The number of hydrogen-bond donors (Lipinski definition) is 0. The van der Waals surface area contributed by atoms with Crippen molar-refractivity contribution in [3.8, 4) is 0 Å². The maximum absolute atomic E-state index is 11.5. The van der Waals surface area contributed by atoms with Gasteiger partial charge in [0.05, 0.1) is 19.6 Å². The Labute approximate surface area is 98.9 Å². The number of carbonyl (C=O) groups is 1. The Kier molecular flexibility index (Phi) is 2.03. The molecule has 1 fully saturated rings. The molecule has 16 heavy (non-hydrogen) atoms. The molecule has 3 rings (SSSR count). The number of anilines is 1. The van der Waals surface area contributed by atoms with E-state index in [1.165, 1.54) is 0 Å². The summed E-state index contributed by atoms with van der Waals surface area (Å²) in [6.07, 6.45) is 0.480. The lowest BCUT2D eigenvalue weighted by Gasteiger charge is -2.36. The molecule has 2 aliphatic rings. The van der Waals surface area contributed by atoms with Crippen molar-refractivity contribution in [2.75, 3.05) is 25.2 Å². The molecule has 2 aliphatic heterocycles. The highest BCUT2D eigenvalue weighted by atomic mass is 35.5. The first-order valence-corrected chi connectivity index (χ1v) is 5.65. The number of hydrogen-bond acceptors (Lipinski definition) is 2. The minimum atomic E-state index is -0.376. The van der Waals surface area contributed by atoms with Crippen molar-refractivity contribution < 1.29 is 9.53 Å². The van der Waals surface area contributed by atoms with Crippen LogP contribution in [0.1, 0.15) is 11.1 Å². The second-order valence-corrected chi connectivity index (χ2v) is 5.15. The highest BCUT2D eigenvalue weighted by Gasteiger charge is 2.39. The van der Waals surface area contributed by atoms with Crippen LogP contribution >= 0.6 is 11.6 Å². The summed E-state index contributed by atoms with van der Waals surface area (Å²) in [7, 11) is 1.80. The van der Waals surface area contributed by atoms with Crippen LogP contribution in [0.2, 0.25) is 0 Å². The molecule has 0 bridgehead atoms. The van der Waals surface area contributed by atoms with E-state index in [1.54, 1.807) is 11.9 Å². The molecule has 0 spiro atoms. The Morgan fingerprint density at radius 2 is 2.19 bits per heavy atom. The quantitative estimate of drug-likeness (QED) is 0.696. The number of nitrogens with zero attached hydrogens (tertiary/aromatic N) is 1. The molecule has 1 saturated heterocycles. The highest BCUT2D eigenvalue weighted by Crippen LogP contribution is 2.39. The Bertz CT molecular complexity index is 468. The normalized spacial score (nSPS) is 21.9. The summed E-state index contributed by atoms with van der Waals surface area (Å²) in [5.41, 5.74) is 3.12. The van der Waals surface area contributed by atoms with Crippen LogP contribution in [0.15, 0.2) is 18.2 Å². The molecule has 3 nitrogen and oxygen atoms in total. The van der Waals surface area contributed by atoms with E-state index in [2.05, 4.69) is 0 Å². The molecule has 1 aromatic carbocycles. The molecular weight excluding hydrogens is 226 g/mol. The summed E-state index contributed by atoms with van der Waals surface area (Å²) in [6, 6.07) is 5.99. The van der Waals surface area contributed by atoms with E-state index >= 15 is 0 Å². The van der Waals surface area contributed by atoms with Crippen LogP contribution in [0.4, 0.5) is 5.69 Å². The monoisotopic (exact) mass is 237 g/mol. The summed E-state index contributed by atoms with van der Waals surface area (Å²) in [5.74, 6) is 0.139. The summed E-state index contributed by atoms with van der Waals surface area (Å²) >= 11 is 6.38. The third-order valence-corrected chi connectivity index (χ3v) is 3.77. The third kappa shape index (κ3) is 1.28. The number of fused-ring (bicyclic) bond motifs is 1. The molecule has 0 saturated carbocycles. The zero-order valence-electron chi connectivity index (χ0n) is 9.00. The van der Waals surface area contributed by atoms with Crippen molar-refractivity contribution in [3.63, 3.8) is 0 Å². The van der Waals surface area contributed by atoms with Crippen LogP contribution in [0.25, 0.3) is 0 Å². The van der Waals surface area contributed by atoms with Gasteiger partial charge in [-0.25, -0.2) is 0 Å². The second kappa shape index (κ2) is 3.22. The van der Waals surface area contributed by atoms with E-state index in [-0.39, 0.29) is 10.8 Å². The zero-order chi connectivity index (χ0) is 11.3. The van der Waals surface area contributed by atoms with E-state index in [0.29, 0.717) is 19.6 Å². The van der Waals surface area contributed by atoms with Gasteiger partial charge in [0.25, 0.3) is 0 Å². The number of ether oxygens (including phenoxy) is 1. The third-order valence-electron chi connectivity index (χ3n) is 3.34. The fraction of sp³-hybridized carbons (Fsp3) is 0.417. The second-order valence-electron chi connectivity index (χ2n) is 4.43. The number of benzene rings is 1. The molecule has 0 N–H and O–H groups in total. The summed E-state index contributed by atoms with van der Waals surface area (Å²) < 4.78 is 5.14. The lowest BCUT2D eigenvalue weighted by molar-refractivity contribution is -0.117. The van der Waals surface area contributed by atoms with Gasteiger partial charge in [0.15, 0.2) is 0 Å². The Morgan fingerprint density at radius 1 is 1.44 bits per heavy atom. The van der Waals surface area contributed by atoms with Crippen molar-refractivity contribution >= 4 is 23.2 Å². The Hall–Kier alpha value is -1.06. The van der Waals surface area contributed by atoms with Crippen molar-refractivity contribution in [2.45, 2.75) is 11.3 Å². The first-order chi connectivity index (χ1) is 7.60. The number of amides is 1. The smallest absolute Gasteiger partial charge is 0.231 e. The molecule has 0 aromatic heterocycles. The van der Waals surface area contributed by atoms with Gasteiger partial charge in [-0.2, -0.15) is 0 Å². The van der Waals surface area contributed by atoms with Crippen LogP contribution in [0.5, 0.6) is 0 Å². The zero-order valence-corrected chi connectivity index (χ0v) is 9.75. The van der Waals surface area contributed by atoms with Crippen LogP contribution in [-0.2, 0) is 20.8 Å². The van der Waals surface area contributed by atoms with Crippen LogP contribution < -0.4 is 4.90 Å². The van der Waals surface area contributed by atoms with Gasteiger partial charge < -0.3 is 9.64 Å². The van der Waals surface area contributed by atoms with Gasteiger partial charge in [-0.15, -0.1) is 11.6 Å². The number of carbonyl (C=O) groups excluding carboxylic acids is 1. The first kappa shape index (κ1) is 10.1. The van der Waals surface area contributed by atoms with Crippen molar-refractivity contribution in [1.29, 1.82) is 0 Å². The van der Waals surface area contributed by atoms with Gasteiger partial charge in [0, 0.05) is 12.7 Å². The number of alkyl halides is 1. The molecule has 2 heterocycles. The van der Waals surface area contributed by atoms with Gasteiger partial charge in [-0.05, 0) is 17.2 Å². The van der Waals surface area contributed by atoms with Crippen LogP contribution in [-0.4, -0.2) is 26.2 Å². The largest absolute Gasteiger partial charge is 0.377 e. The number of halogens is 1. The van der Waals surface area contributed by atoms with Gasteiger partial charge in [0.2, 0.25) is 5.91 Å². The molecule has 0 aliphatic carbocycles. The van der Waals surface area contributed by atoms with Crippen LogP contribution in [0, 0.1) is 0 Å². The van der Waals surface area contributed by atoms with E-state index < -0.39 is 0 Å². The Balaban J connectivity index is 2.01. The maximum Gasteiger partial charge on any atom is 0.231 e. The molecule has 1 amide bonds. The SMILES string of the molecule is CN1C(=O)Cc2cc(C3(Cl)COC3)ccc21. The minimum absolute atomic E-state index is 0.139. The molecule has 0 radical (unpaired) electrons.